The van der Waals surface area contributed by atoms with Crippen LogP contribution in [0.4, 0.5) is 0 Å². The number of halogens is 1. The van der Waals surface area contributed by atoms with E-state index in [9.17, 15) is 15.0 Å². The van der Waals surface area contributed by atoms with Crippen LogP contribution in [0.1, 0.15) is 39.7 Å². The van der Waals surface area contributed by atoms with Gasteiger partial charge in [0.1, 0.15) is 5.60 Å². The van der Waals surface area contributed by atoms with Gasteiger partial charge in [-0.15, -0.1) is 0 Å². The number of esters is 1. The molecule has 0 spiro atoms. The lowest BCUT2D eigenvalue weighted by molar-refractivity contribution is -0.134. The number of rotatable bonds is 5. The van der Waals surface area contributed by atoms with Crippen LogP contribution in [-0.2, 0) is 16.0 Å². The summed E-state index contributed by atoms with van der Waals surface area (Å²) in [7, 11) is 1.32. The molecule has 1 unspecified atom stereocenters. The maximum absolute atomic E-state index is 11.6. The van der Waals surface area contributed by atoms with Gasteiger partial charge in [-0.2, -0.15) is 0 Å². The lowest BCUT2D eigenvalue weighted by Crippen LogP contribution is -2.50. The van der Waals surface area contributed by atoms with Gasteiger partial charge in [0.05, 0.1) is 13.2 Å². The normalized spacial score (nSPS) is 25.3. The highest BCUT2D eigenvalue weighted by Crippen LogP contribution is 2.48. The highest BCUT2D eigenvalue weighted by atomic mass is 35.5. The van der Waals surface area contributed by atoms with Gasteiger partial charge >= 0.3 is 5.97 Å². The molecular formula is C23H29ClO4. The molecule has 1 aliphatic carbocycles. The van der Waals surface area contributed by atoms with Crippen LogP contribution in [0.15, 0.2) is 59.2 Å². The predicted octanol–water partition coefficient (Wildman–Crippen LogP) is 4.40. The van der Waals surface area contributed by atoms with Crippen molar-refractivity contribution in [2.24, 2.45) is 5.41 Å². The number of benzene rings is 1. The summed E-state index contributed by atoms with van der Waals surface area (Å²) in [6, 6.07) is 7.51. The van der Waals surface area contributed by atoms with E-state index in [0.717, 1.165) is 11.1 Å². The molecular weight excluding hydrogens is 376 g/mol. The zero-order chi connectivity index (χ0) is 21.1. The van der Waals surface area contributed by atoms with E-state index in [-0.39, 0.29) is 0 Å². The second kappa shape index (κ2) is 8.64. The number of carbonyl (C=O) groups is 1. The van der Waals surface area contributed by atoms with Gasteiger partial charge in [0.2, 0.25) is 0 Å². The van der Waals surface area contributed by atoms with Crippen molar-refractivity contribution in [3.05, 3.63) is 69.8 Å². The number of hydrogen-bond acceptors (Lipinski definition) is 4. The molecule has 0 fully saturated rings. The topological polar surface area (TPSA) is 66.8 Å². The first kappa shape index (κ1) is 22.4. The summed E-state index contributed by atoms with van der Waals surface area (Å²) in [4.78, 5) is 11.4. The quantitative estimate of drug-likeness (QED) is 0.330. The van der Waals surface area contributed by atoms with Crippen LogP contribution < -0.4 is 0 Å². The largest absolute Gasteiger partial charge is 0.466 e. The molecule has 152 valence electrons. The van der Waals surface area contributed by atoms with E-state index in [1.165, 1.54) is 13.2 Å². The molecule has 28 heavy (non-hydrogen) atoms. The van der Waals surface area contributed by atoms with Crippen molar-refractivity contribution in [3.8, 4) is 0 Å². The fraction of sp³-hybridized carbons (Fsp3) is 0.435. The Morgan fingerprint density at radius 2 is 2.00 bits per heavy atom. The third kappa shape index (κ3) is 4.57. The second-order valence-electron chi connectivity index (χ2n) is 8.03. The third-order valence-corrected chi connectivity index (χ3v) is 6.03. The first-order valence-electron chi connectivity index (χ1n) is 9.31. The van der Waals surface area contributed by atoms with E-state index in [4.69, 9.17) is 11.6 Å². The number of ether oxygens (including phenoxy) is 1. The summed E-state index contributed by atoms with van der Waals surface area (Å²) in [5.41, 5.74) is 1.19. The molecule has 0 saturated carbocycles. The van der Waals surface area contributed by atoms with Gasteiger partial charge in [0.15, 0.2) is 0 Å². The molecule has 2 rings (SSSR count). The molecule has 0 saturated heterocycles. The van der Waals surface area contributed by atoms with Gasteiger partial charge in [-0.25, -0.2) is 4.79 Å². The summed E-state index contributed by atoms with van der Waals surface area (Å²) in [6.07, 6.45) is 5.00. The number of methoxy groups -OCH3 is 1. The molecule has 2 N–H and O–H groups in total. The summed E-state index contributed by atoms with van der Waals surface area (Å²) in [6.45, 7) is 7.47. The van der Waals surface area contributed by atoms with E-state index in [2.05, 4.69) is 4.74 Å². The Balaban J connectivity index is 2.47. The first-order chi connectivity index (χ1) is 13.0. The number of carbonyl (C=O) groups excluding carboxylic acids is 1. The number of aliphatic hydroxyl groups excluding tert-OH is 1. The Hall–Kier alpha value is -1.88. The zero-order valence-corrected chi connectivity index (χ0v) is 17.9. The van der Waals surface area contributed by atoms with Gasteiger partial charge in [-0.3, -0.25) is 0 Å². The van der Waals surface area contributed by atoms with Crippen LogP contribution in [0.25, 0.3) is 0 Å². The predicted molar refractivity (Wildman–Crippen MR) is 112 cm³/mol. The SMILES string of the molecule is COC(=O)/C=C(C)\C=C\[C@@]1(O)C(C)=C(Cc2ccccc2Cl)C(O)CC1(C)C. The minimum absolute atomic E-state index is 0.407. The molecule has 1 aromatic carbocycles. The van der Waals surface area contributed by atoms with Crippen LogP contribution >= 0.6 is 11.6 Å². The zero-order valence-electron chi connectivity index (χ0n) is 17.1. The average Bonchev–Trinajstić information content (AvgIpc) is 2.63. The van der Waals surface area contributed by atoms with E-state index in [1.807, 2.05) is 45.0 Å². The van der Waals surface area contributed by atoms with Crippen molar-refractivity contribution in [1.29, 1.82) is 0 Å². The van der Waals surface area contributed by atoms with E-state index >= 15 is 0 Å². The Labute approximate surface area is 172 Å². The summed E-state index contributed by atoms with van der Waals surface area (Å²) >= 11 is 6.30. The number of hydrogen-bond donors (Lipinski definition) is 2. The molecule has 1 aliphatic rings. The molecule has 5 heteroatoms. The molecule has 1 aromatic rings. The van der Waals surface area contributed by atoms with Crippen molar-refractivity contribution >= 4 is 17.6 Å². The van der Waals surface area contributed by atoms with Crippen LogP contribution in [0, 0.1) is 5.41 Å². The molecule has 0 heterocycles. The molecule has 0 radical (unpaired) electrons. The van der Waals surface area contributed by atoms with Crippen molar-refractivity contribution in [2.75, 3.05) is 7.11 Å². The van der Waals surface area contributed by atoms with Gasteiger partial charge < -0.3 is 14.9 Å². The highest BCUT2D eigenvalue weighted by Gasteiger charge is 2.49. The fourth-order valence-corrected chi connectivity index (χ4v) is 3.96. The van der Waals surface area contributed by atoms with E-state index in [0.29, 0.717) is 29.0 Å². The Morgan fingerprint density at radius 3 is 2.61 bits per heavy atom. The Bertz CT molecular complexity index is 835. The molecule has 0 bridgehead atoms. The van der Waals surface area contributed by atoms with Gasteiger partial charge in [0.25, 0.3) is 0 Å². The van der Waals surface area contributed by atoms with Crippen molar-refractivity contribution in [1.82, 2.24) is 0 Å². The average molecular weight is 405 g/mol. The smallest absolute Gasteiger partial charge is 0.330 e. The van der Waals surface area contributed by atoms with Crippen molar-refractivity contribution in [2.45, 2.75) is 52.2 Å². The standard InChI is InChI=1S/C23H29ClO4/c1-15(12-21(26)28-5)10-11-23(27)16(2)18(20(25)14-22(23,3)4)13-17-8-6-7-9-19(17)24/h6-12,20,25,27H,13-14H2,1-5H3/b11-10+,15-12-/t20?,23-/m1/s1. The van der Waals surface area contributed by atoms with Crippen LogP contribution in [-0.4, -0.2) is 35.0 Å². The van der Waals surface area contributed by atoms with Crippen LogP contribution in [0.2, 0.25) is 5.02 Å². The maximum Gasteiger partial charge on any atom is 0.330 e. The van der Waals surface area contributed by atoms with Gasteiger partial charge in [-0.1, -0.05) is 49.7 Å². The number of aliphatic hydroxyl groups is 2. The number of allylic oxidation sites excluding steroid dienone is 2. The van der Waals surface area contributed by atoms with Crippen molar-refractivity contribution in [3.63, 3.8) is 0 Å². The van der Waals surface area contributed by atoms with Crippen LogP contribution in [0.3, 0.4) is 0 Å². The summed E-state index contributed by atoms with van der Waals surface area (Å²) in [5, 5.41) is 23.0. The van der Waals surface area contributed by atoms with Crippen LogP contribution in [0.5, 0.6) is 0 Å². The lowest BCUT2D eigenvalue weighted by Gasteiger charge is -2.48. The molecule has 2 atom stereocenters. The van der Waals surface area contributed by atoms with Gasteiger partial charge in [0, 0.05) is 16.5 Å². The minimum Gasteiger partial charge on any atom is -0.466 e. The minimum atomic E-state index is -1.27. The van der Waals surface area contributed by atoms with Crippen molar-refractivity contribution < 1.29 is 19.7 Å². The van der Waals surface area contributed by atoms with E-state index in [1.54, 1.807) is 19.1 Å². The second-order valence-corrected chi connectivity index (χ2v) is 8.44. The molecule has 0 aliphatic heterocycles. The Morgan fingerprint density at radius 1 is 1.36 bits per heavy atom. The lowest BCUT2D eigenvalue weighted by atomic mass is 9.61. The summed E-state index contributed by atoms with van der Waals surface area (Å²) < 4.78 is 4.64. The third-order valence-electron chi connectivity index (χ3n) is 5.66. The molecule has 0 aromatic heterocycles. The summed E-state index contributed by atoms with van der Waals surface area (Å²) in [5.74, 6) is -0.445. The van der Waals surface area contributed by atoms with E-state index < -0.39 is 23.1 Å². The van der Waals surface area contributed by atoms with Gasteiger partial charge in [-0.05, 0) is 61.1 Å². The first-order valence-corrected chi connectivity index (χ1v) is 9.69. The molecule has 0 amide bonds. The maximum atomic E-state index is 11.6. The molecule has 4 nitrogen and oxygen atoms in total. The highest BCUT2D eigenvalue weighted by molar-refractivity contribution is 6.31. The fourth-order valence-electron chi connectivity index (χ4n) is 3.76. The monoisotopic (exact) mass is 404 g/mol. The Kier molecular flexibility index (Phi) is 6.92.